The fourth-order valence-corrected chi connectivity index (χ4v) is 2.17. The molecule has 1 amide bonds. The normalized spacial score (nSPS) is 19.2. The van der Waals surface area contributed by atoms with E-state index in [2.05, 4.69) is 15.6 Å². The fourth-order valence-electron chi connectivity index (χ4n) is 2.17. The maximum absolute atomic E-state index is 11.3. The number of nitrogens with one attached hydrogen (secondary N) is 1. The van der Waals surface area contributed by atoms with Gasteiger partial charge in [-0.3, -0.25) is 4.79 Å². The predicted octanol–water partition coefficient (Wildman–Crippen LogP) is 0.325. The predicted molar refractivity (Wildman–Crippen MR) is 67.8 cm³/mol. The minimum absolute atomic E-state index is 0.0345. The summed E-state index contributed by atoms with van der Waals surface area (Å²) >= 11 is 0. The molecule has 1 unspecified atom stereocenters. The molecule has 6 heteroatoms. The second-order valence-electron chi connectivity index (χ2n) is 4.50. The Balaban J connectivity index is 1.74. The van der Waals surface area contributed by atoms with Gasteiger partial charge < -0.3 is 10.1 Å². The van der Waals surface area contributed by atoms with Gasteiger partial charge in [0.1, 0.15) is 6.61 Å². The maximum Gasteiger partial charge on any atom is 0.246 e. The van der Waals surface area contributed by atoms with Gasteiger partial charge in [0, 0.05) is 0 Å². The first-order valence-corrected chi connectivity index (χ1v) is 6.14. The number of aromatic nitrogens is 3. The molecule has 1 aliphatic heterocycles. The summed E-state index contributed by atoms with van der Waals surface area (Å²) in [5.74, 6) is -0.0521. The van der Waals surface area contributed by atoms with Crippen LogP contribution in [0.4, 0.5) is 0 Å². The SMILES string of the molecule is O=C1COCC(Cc2cccc(-n3ccnn3)c2)N1. The molecule has 0 aliphatic carbocycles. The zero-order chi connectivity index (χ0) is 13.1. The molecule has 1 saturated heterocycles. The summed E-state index contributed by atoms with van der Waals surface area (Å²) in [4.78, 5) is 11.3. The number of carbonyl (C=O) groups is 1. The molecule has 0 radical (unpaired) electrons. The molecule has 0 saturated carbocycles. The quantitative estimate of drug-likeness (QED) is 0.861. The van der Waals surface area contributed by atoms with E-state index in [4.69, 9.17) is 4.74 Å². The van der Waals surface area contributed by atoms with Gasteiger partial charge in [0.05, 0.1) is 30.7 Å². The van der Waals surface area contributed by atoms with Crippen molar-refractivity contribution in [1.82, 2.24) is 20.3 Å². The van der Waals surface area contributed by atoms with Gasteiger partial charge in [0.15, 0.2) is 0 Å². The number of amides is 1. The van der Waals surface area contributed by atoms with Crippen LogP contribution in [-0.4, -0.2) is 40.2 Å². The first-order valence-electron chi connectivity index (χ1n) is 6.14. The number of benzene rings is 1. The second-order valence-corrected chi connectivity index (χ2v) is 4.50. The van der Waals surface area contributed by atoms with Crippen LogP contribution in [-0.2, 0) is 16.0 Å². The van der Waals surface area contributed by atoms with Gasteiger partial charge >= 0.3 is 0 Å². The van der Waals surface area contributed by atoms with E-state index in [1.807, 2.05) is 24.3 Å². The zero-order valence-electron chi connectivity index (χ0n) is 10.3. The summed E-state index contributed by atoms with van der Waals surface area (Å²) in [5, 5.41) is 10.7. The average Bonchev–Trinajstić information content (AvgIpc) is 2.93. The number of ether oxygens (including phenoxy) is 1. The van der Waals surface area contributed by atoms with Crippen LogP contribution in [0.25, 0.3) is 5.69 Å². The average molecular weight is 258 g/mol. The van der Waals surface area contributed by atoms with E-state index in [1.54, 1.807) is 17.1 Å². The lowest BCUT2D eigenvalue weighted by Crippen LogP contribution is -2.46. The molecule has 3 rings (SSSR count). The van der Waals surface area contributed by atoms with E-state index >= 15 is 0 Å². The van der Waals surface area contributed by atoms with Crippen LogP contribution in [0.3, 0.4) is 0 Å². The van der Waals surface area contributed by atoms with Crippen molar-refractivity contribution in [2.24, 2.45) is 0 Å². The van der Waals surface area contributed by atoms with Crippen LogP contribution in [0.2, 0.25) is 0 Å². The molecule has 98 valence electrons. The van der Waals surface area contributed by atoms with E-state index in [9.17, 15) is 4.79 Å². The minimum Gasteiger partial charge on any atom is -0.369 e. The summed E-state index contributed by atoms with van der Waals surface area (Å²) < 4.78 is 6.94. The molecule has 2 aromatic rings. The summed E-state index contributed by atoms with van der Waals surface area (Å²) in [7, 11) is 0. The Labute approximate surface area is 110 Å². The Hall–Kier alpha value is -2.21. The molecule has 1 N–H and O–H groups in total. The lowest BCUT2D eigenvalue weighted by atomic mass is 10.1. The summed E-state index contributed by atoms with van der Waals surface area (Å²) in [6, 6.07) is 8.04. The van der Waals surface area contributed by atoms with E-state index in [0.717, 1.165) is 17.7 Å². The summed E-state index contributed by atoms with van der Waals surface area (Å²) in [6.07, 6.45) is 4.18. The van der Waals surface area contributed by atoms with E-state index in [-0.39, 0.29) is 18.6 Å². The summed E-state index contributed by atoms with van der Waals surface area (Å²) in [6.45, 7) is 0.717. The number of hydrogen-bond donors (Lipinski definition) is 1. The molecular weight excluding hydrogens is 244 g/mol. The van der Waals surface area contributed by atoms with E-state index < -0.39 is 0 Å². The molecule has 19 heavy (non-hydrogen) atoms. The van der Waals surface area contributed by atoms with Crippen LogP contribution in [0.5, 0.6) is 0 Å². The molecule has 6 nitrogen and oxygen atoms in total. The largest absolute Gasteiger partial charge is 0.369 e. The molecule has 0 bridgehead atoms. The Morgan fingerprint density at radius 1 is 1.47 bits per heavy atom. The molecular formula is C13H14N4O2. The number of nitrogens with zero attached hydrogens (tertiary/aromatic N) is 3. The molecule has 1 aromatic carbocycles. The van der Waals surface area contributed by atoms with Crippen LogP contribution < -0.4 is 5.32 Å². The first-order chi connectivity index (χ1) is 9.31. The highest BCUT2D eigenvalue weighted by Crippen LogP contribution is 2.12. The second kappa shape index (κ2) is 5.19. The van der Waals surface area contributed by atoms with Crippen molar-refractivity contribution in [3.8, 4) is 5.69 Å². The standard InChI is InChI=1S/C13H14N4O2/c18-13-9-19-8-11(15-13)6-10-2-1-3-12(7-10)17-5-4-14-16-17/h1-5,7,11H,6,8-9H2,(H,15,18). The Morgan fingerprint density at radius 3 is 3.21 bits per heavy atom. The lowest BCUT2D eigenvalue weighted by Gasteiger charge is -2.23. The molecule has 1 aromatic heterocycles. The number of hydrogen-bond acceptors (Lipinski definition) is 4. The van der Waals surface area contributed by atoms with Gasteiger partial charge in [-0.1, -0.05) is 17.3 Å². The Kier molecular flexibility index (Phi) is 3.24. The van der Waals surface area contributed by atoms with E-state index in [0.29, 0.717) is 6.61 Å². The van der Waals surface area contributed by atoms with Crippen molar-refractivity contribution in [2.75, 3.05) is 13.2 Å². The van der Waals surface area contributed by atoms with Crippen molar-refractivity contribution in [1.29, 1.82) is 0 Å². The van der Waals surface area contributed by atoms with Gasteiger partial charge in [0.25, 0.3) is 0 Å². The Morgan fingerprint density at radius 2 is 2.42 bits per heavy atom. The highest BCUT2D eigenvalue weighted by molar-refractivity contribution is 5.78. The minimum atomic E-state index is -0.0521. The third kappa shape index (κ3) is 2.79. The van der Waals surface area contributed by atoms with Crippen LogP contribution in [0, 0.1) is 0 Å². The molecule has 1 fully saturated rings. The van der Waals surface area contributed by atoms with Crippen LogP contribution in [0.1, 0.15) is 5.56 Å². The topological polar surface area (TPSA) is 69.0 Å². The molecule has 2 heterocycles. The maximum atomic E-state index is 11.3. The smallest absolute Gasteiger partial charge is 0.246 e. The van der Waals surface area contributed by atoms with Crippen molar-refractivity contribution < 1.29 is 9.53 Å². The lowest BCUT2D eigenvalue weighted by molar-refractivity contribution is -0.131. The first kappa shape index (κ1) is 11.9. The van der Waals surface area contributed by atoms with Crippen molar-refractivity contribution >= 4 is 5.91 Å². The third-order valence-electron chi connectivity index (χ3n) is 3.00. The highest BCUT2D eigenvalue weighted by atomic mass is 16.5. The van der Waals surface area contributed by atoms with E-state index in [1.165, 1.54) is 0 Å². The molecule has 0 spiro atoms. The van der Waals surface area contributed by atoms with Gasteiger partial charge in [0.2, 0.25) is 5.91 Å². The van der Waals surface area contributed by atoms with Crippen LogP contribution >= 0.6 is 0 Å². The number of rotatable bonds is 3. The van der Waals surface area contributed by atoms with Crippen LogP contribution in [0.15, 0.2) is 36.7 Å². The molecule has 1 atom stereocenters. The monoisotopic (exact) mass is 258 g/mol. The third-order valence-corrected chi connectivity index (χ3v) is 3.00. The summed E-state index contributed by atoms with van der Waals surface area (Å²) in [5.41, 5.74) is 2.09. The van der Waals surface area contributed by atoms with Crippen molar-refractivity contribution in [3.05, 3.63) is 42.2 Å². The van der Waals surface area contributed by atoms with Gasteiger partial charge in [-0.25, -0.2) is 4.68 Å². The fraction of sp³-hybridized carbons (Fsp3) is 0.308. The number of carbonyl (C=O) groups excluding carboxylic acids is 1. The van der Waals surface area contributed by atoms with Crippen molar-refractivity contribution in [3.63, 3.8) is 0 Å². The highest BCUT2D eigenvalue weighted by Gasteiger charge is 2.18. The Bertz CT molecular complexity index is 568. The van der Waals surface area contributed by atoms with Gasteiger partial charge in [-0.2, -0.15) is 0 Å². The van der Waals surface area contributed by atoms with Gasteiger partial charge in [-0.05, 0) is 24.1 Å². The van der Waals surface area contributed by atoms with Crippen molar-refractivity contribution in [2.45, 2.75) is 12.5 Å². The zero-order valence-corrected chi connectivity index (χ0v) is 10.3. The molecule has 1 aliphatic rings. The number of morpholine rings is 1. The van der Waals surface area contributed by atoms with Gasteiger partial charge in [-0.15, -0.1) is 5.10 Å².